The fourth-order valence-corrected chi connectivity index (χ4v) is 3.96. The van der Waals surface area contributed by atoms with E-state index in [4.69, 9.17) is 10.5 Å². The number of nitrogens with zero attached hydrogens (tertiary/aromatic N) is 4. The van der Waals surface area contributed by atoms with Crippen molar-refractivity contribution in [1.29, 1.82) is 0 Å². The molecule has 1 saturated heterocycles. The van der Waals surface area contributed by atoms with Crippen molar-refractivity contribution in [2.45, 2.75) is 24.5 Å². The maximum Gasteiger partial charge on any atom is 1.00 e. The second kappa shape index (κ2) is 13.5. The van der Waals surface area contributed by atoms with Gasteiger partial charge in [0.25, 0.3) is 7.82 Å². The molecule has 3 heterocycles. The summed E-state index contributed by atoms with van der Waals surface area (Å²) >= 11 is 0. The van der Waals surface area contributed by atoms with Crippen molar-refractivity contribution in [3.63, 3.8) is 0 Å². The molecule has 0 aromatic carbocycles. The Labute approximate surface area is 240 Å². The Morgan fingerprint density at radius 1 is 1.13 bits per heavy atom. The zero-order valence-corrected chi connectivity index (χ0v) is 24.4. The van der Waals surface area contributed by atoms with E-state index in [0.717, 1.165) is 6.33 Å². The number of hydrogen-bond acceptors (Lipinski definition) is 14. The van der Waals surface area contributed by atoms with Crippen LogP contribution >= 0.6 is 15.6 Å². The second-order valence-corrected chi connectivity index (χ2v) is 8.10. The van der Waals surface area contributed by atoms with Crippen LogP contribution in [0.5, 0.6) is 0 Å². The number of imidazole rings is 1. The third-order valence-electron chi connectivity index (χ3n) is 3.60. The van der Waals surface area contributed by atoms with E-state index < -0.39 is 46.8 Å². The summed E-state index contributed by atoms with van der Waals surface area (Å²) in [5.41, 5.74) is 6.04. The van der Waals surface area contributed by atoms with Crippen molar-refractivity contribution >= 4 is 32.6 Å². The topological polar surface area (TPSA) is 273 Å². The van der Waals surface area contributed by atoms with Gasteiger partial charge in [-0.25, -0.2) is 15.0 Å². The number of hydrogen-bond donors (Lipinski definition) is 3. The van der Waals surface area contributed by atoms with Crippen LogP contribution in [0.2, 0.25) is 0 Å². The van der Waals surface area contributed by atoms with E-state index in [1.165, 1.54) is 10.9 Å². The van der Waals surface area contributed by atoms with Crippen molar-refractivity contribution in [2.75, 3.05) is 12.3 Å². The van der Waals surface area contributed by atoms with Gasteiger partial charge in [-0.15, -0.1) is 0 Å². The van der Waals surface area contributed by atoms with Crippen LogP contribution in [-0.4, -0.2) is 60.1 Å². The first-order chi connectivity index (χ1) is 12.5. The van der Waals surface area contributed by atoms with Crippen LogP contribution in [0.25, 0.3) is 11.2 Å². The maximum absolute atomic E-state index is 11.3. The monoisotopic (exact) mass is 511 g/mol. The molecular formula is C10H14N5Na3O11P2. The maximum atomic E-state index is 11.3. The van der Waals surface area contributed by atoms with Crippen molar-refractivity contribution in [2.24, 2.45) is 0 Å². The zero-order valence-electron chi connectivity index (χ0n) is 16.6. The molecule has 16 nitrogen and oxygen atoms in total. The minimum Gasteiger partial charge on any atom is -0.790 e. The molecule has 1 fully saturated rings. The first kappa shape index (κ1) is 34.6. The number of rotatable bonds is 6. The Morgan fingerprint density at radius 3 is 2.32 bits per heavy atom. The molecule has 6 N–H and O–H groups in total. The normalized spacial score (nSPS) is 24.8. The van der Waals surface area contributed by atoms with Crippen LogP contribution in [0.15, 0.2) is 12.7 Å². The number of phosphoric acid groups is 2. The van der Waals surface area contributed by atoms with Gasteiger partial charge in [-0.05, 0) is 0 Å². The summed E-state index contributed by atoms with van der Waals surface area (Å²) in [6, 6.07) is 0. The van der Waals surface area contributed by atoms with Gasteiger partial charge in [0.2, 0.25) is 0 Å². The molecule has 1 aliphatic rings. The predicted octanol–water partition coefficient (Wildman–Crippen LogP) is -13.5. The quantitative estimate of drug-likeness (QED) is 0.240. The third kappa shape index (κ3) is 8.56. The summed E-state index contributed by atoms with van der Waals surface area (Å²) in [4.78, 5) is 43.7. The fraction of sp³-hybridized carbons (Fsp3) is 0.500. The Morgan fingerprint density at radius 2 is 1.74 bits per heavy atom. The molecule has 0 spiro atoms. The summed E-state index contributed by atoms with van der Waals surface area (Å²) in [7, 11) is -11.4. The number of anilines is 1. The minimum absolute atomic E-state index is 0. The van der Waals surface area contributed by atoms with E-state index >= 15 is 0 Å². The molecule has 1 unspecified atom stereocenters. The van der Waals surface area contributed by atoms with Gasteiger partial charge in [-0.1, -0.05) is 0 Å². The van der Waals surface area contributed by atoms with E-state index in [1.54, 1.807) is 0 Å². The van der Waals surface area contributed by atoms with Crippen molar-refractivity contribution in [3.8, 4) is 0 Å². The van der Waals surface area contributed by atoms with Crippen LogP contribution in [0.1, 0.15) is 6.23 Å². The Bertz CT molecular complexity index is 948. The van der Waals surface area contributed by atoms with Gasteiger partial charge >= 0.3 is 88.7 Å². The largest absolute Gasteiger partial charge is 1.00 e. The Kier molecular flexibility index (Phi) is 15.1. The number of aliphatic hydroxyl groups excluding tert-OH is 2. The SMILES string of the molecule is Nc1ncnc2c1ncn2[C@@H]1O[C@H](COP(=O)([O-])OP(=O)([O-])[O-])[C@@H](O)[C@H]1O.O.[Na+].[Na+].[Na+]. The van der Waals surface area contributed by atoms with Crippen molar-refractivity contribution in [3.05, 3.63) is 12.7 Å². The molecule has 0 aliphatic carbocycles. The van der Waals surface area contributed by atoms with Gasteiger partial charge in [0.1, 0.15) is 30.2 Å². The molecule has 0 saturated carbocycles. The summed E-state index contributed by atoms with van der Waals surface area (Å²) in [6.45, 7) is -0.931. The van der Waals surface area contributed by atoms with Gasteiger partial charge in [-0.2, -0.15) is 0 Å². The average molecular weight is 511 g/mol. The van der Waals surface area contributed by atoms with Crippen LogP contribution < -0.4 is 109 Å². The Hall–Kier alpha value is 1.45. The standard InChI is InChI=1S/C10H15N5O10P2.3Na.H2O/c11-8-5-9(13-2-12-8)15(3-14-5)10-7(17)6(16)4(24-10)1-23-27(21,22)25-26(18,19)20;;;;/h2-4,6-7,10,16-17H,1H2,(H,21,22)(H2,11,12,13)(H2,18,19,20);;;;1H2/q;3*+1;/p-3/t4-,6-,7-,10-;;;;/m1..../s1. The molecule has 5 atom stereocenters. The van der Waals surface area contributed by atoms with Crippen LogP contribution in [0.3, 0.4) is 0 Å². The van der Waals surface area contributed by atoms with Crippen molar-refractivity contribution < 1.29 is 142 Å². The first-order valence-electron chi connectivity index (χ1n) is 7.12. The number of aromatic nitrogens is 4. The van der Waals surface area contributed by atoms with Gasteiger partial charge in [-0.3, -0.25) is 13.4 Å². The molecule has 1 aliphatic heterocycles. The number of ether oxygens (including phenoxy) is 1. The predicted molar refractivity (Wildman–Crippen MR) is 81.5 cm³/mol. The number of nitrogen functional groups attached to an aromatic ring is 1. The Balaban J connectivity index is 0. The number of fused-ring (bicyclic) bond motifs is 1. The summed E-state index contributed by atoms with van der Waals surface area (Å²) < 4.78 is 35.7. The number of aliphatic hydroxyl groups is 2. The minimum atomic E-state index is -5.85. The van der Waals surface area contributed by atoms with Crippen LogP contribution in [0, 0.1) is 0 Å². The molecule has 0 amide bonds. The van der Waals surface area contributed by atoms with Gasteiger partial charge < -0.3 is 49.9 Å². The summed E-state index contributed by atoms with van der Waals surface area (Å²) in [5, 5.41) is 20.2. The van der Waals surface area contributed by atoms with Crippen molar-refractivity contribution in [1.82, 2.24) is 19.5 Å². The van der Waals surface area contributed by atoms with Gasteiger partial charge in [0.15, 0.2) is 17.7 Å². The zero-order chi connectivity index (χ0) is 20.0. The molecule has 0 bridgehead atoms. The average Bonchev–Trinajstić information content (AvgIpc) is 3.07. The van der Waals surface area contributed by atoms with Crippen LogP contribution in [-0.2, 0) is 22.7 Å². The number of nitrogens with two attached hydrogens (primary N) is 1. The first-order valence-corrected chi connectivity index (χ1v) is 10.0. The molecular weight excluding hydrogens is 497 g/mol. The molecule has 21 heteroatoms. The smallest absolute Gasteiger partial charge is 0.790 e. The molecule has 3 rings (SSSR count). The summed E-state index contributed by atoms with van der Waals surface area (Å²) in [6.07, 6.45) is -3.48. The molecule has 31 heavy (non-hydrogen) atoms. The summed E-state index contributed by atoms with van der Waals surface area (Å²) in [5.74, 6) is 0.0655. The van der Waals surface area contributed by atoms with Gasteiger partial charge in [0, 0.05) is 0 Å². The van der Waals surface area contributed by atoms with E-state index in [-0.39, 0.29) is 111 Å². The third-order valence-corrected chi connectivity index (χ3v) is 5.66. The van der Waals surface area contributed by atoms with E-state index in [0.29, 0.717) is 0 Å². The molecule has 0 radical (unpaired) electrons. The van der Waals surface area contributed by atoms with E-state index in [9.17, 15) is 34.0 Å². The second-order valence-electron chi connectivity index (χ2n) is 5.40. The van der Waals surface area contributed by atoms with Gasteiger partial charge in [0.05, 0.1) is 20.8 Å². The molecule has 158 valence electrons. The van der Waals surface area contributed by atoms with E-state index in [1.807, 2.05) is 0 Å². The van der Waals surface area contributed by atoms with E-state index in [2.05, 4.69) is 23.8 Å². The van der Waals surface area contributed by atoms with Crippen LogP contribution in [0.4, 0.5) is 5.82 Å². The fourth-order valence-electron chi connectivity index (χ4n) is 2.46. The molecule has 2 aromatic heterocycles. The molecule has 2 aromatic rings. The number of phosphoric ester groups is 1.